The molecule has 98 valence electrons. The van der Waals surface area contributed by atoms with Gasteiger partial charge in [-0.3, -0.25) is 4.79 Å². The van der Waals surface area contributed by atoms with Crippen molar-refractivity contribution in [1.29, 1.82) is 0 Å². The molecular weight excluding hydrogens is 240 g/mol. The minimum atomic E-state index is -0.190. The van der Waals surface area contributed by atoms with Crippen molar-refractivity contribution < 1.29 is 4.79 Å². The molecule has 0 aliphatic carbocycles. The Hall–Kier alpha value is -2.27. The summed E-state index contributed by atoms with van der Waals surface area (Å²) in [5.74, 6) is -0.190. The molecule has 2 rings (SSSR count). The monoisotopic (exact) mass is 256 g/mol. The van der Waals surface area contributed by atoms with E-state index in [-0.39, 0.29) is 5.91 Å². The molecule has 0 saturated heterocycles. The van der Waals surface area contributed by atoms with Crippen LogP contribution in [0.2, 0.25) is 0 Å². The van der Waals surface area contributed by atoms with Crippen LogP contribution in [0.15, 0.2) is 30.3 Å². The maximum atomic E-state index is 12.2. The minimum Gasteiger partial charge on any atom is -0.326 e. The quantitative estimate of drug-likeness (QED) is 0.877. The highest BCUT2D eigenvalue weighted by molar-refractivity contribution is 6.05. The molecule has 0 aliphatic rings. The average molecular weight is 256 g/mol. The first kappa shape index (κ1) is 13.2. The van der Waals surface area contributed by atoms with E-state index in [0.717, 1.165) is 11.3 Å². The summed E-state index contributed by atoms with van der Waals surface area (Å²) in [5, 5.41) is 10.7. The number of amides is 1. The number of rotatable bonds is 3. The number of carbonyl (C=O) groups is 1. The second kappa shape index (κ2) is 5.58. The van der Waals surface area contributed by atoms with Crippen molar-refractivity contribution in [1.82, 2.24) is 10.2 Å². The molecule has 1 aromatic carbocycles. The summed E-state index contributed by atoms with van der Waals surface area (Å²) in [5.41, 5.74) is 9.13. The first-order valence-corrected chi connectivity index (χ1v) is 6.01. The molecule has 19 heavy (non-hydrogen) atoms. The van der Waals surface area contributed by atoms with Gasteiger partial charge >= 0.3 is 0 Å². The number of carbonyl (C=O) groups excluding carboxylic acids is 1. The fourth-order valence-electron chi connectivity index (χ4n) is 1.75. The predicted octanol–water partition coefficient (Wildman–Crippen LogP) is 1.80. The van der Waals surface area contributed by atoms with Gasteiger partial charge in [-0.2, -0.15) is 10.2 Å². The summed E-state index contributed by atoms with van der Waals surface area (Å²) in [6, 6.07) is 9.19. The van der Waals surface area contributed by atoms with E-state index in [1.54, 1.807) is 19.9 Å². The van der Waals surface area contributed by atoms with Gasteiger partial charge in [-0.25, -0.2) is 0 Å². The van der Waals surface area contributed by atoms with Crippen molar-refractivity contribution in [3.05, 3.63) is 52.8 Å². The summed E-state index contributed by atoms with van der Waals surface area (Å²) in [4.78, 5) is 12.2. The molecule has 0 aliphatic heterocycles. The standard InChI is InChI=1S/C14H16N4O/c1-9-6-13(10(2)18-17-9)14(19)16-12-5-3-4-11(7-12)8-15/h3-7H,8,15H2,1-2H3,(H,16,19). The number of nitrogens with one attached hydrogen (secondary N) is 1. The number of anilines is 1. The summed E-state index contributed by atoms with van der Waals surface area (Å²) >= 11 is 0. The van der Waals surface area contributed by atoms with Crippen molar-refractivity contribution in [3.63, 3.8) is 0 Å². The van der Waals surface area contributed by atoms with Gasteiger partial charge in [0.05, 0.1) is 17.0 Å². The zero-order chi connectivity index (χ0) is 13.8. The third-order valence-corrected chi connectivity index (χ3v) is 2.77. The van der Waals surface area contributed by atoms with E-state index >= 15 is 0 Å². The van der Waals surface area contributed by atoms with Gasteiger partial charge < -0.3 is 11.1 Å². The van der Waals surface area contributed by atoms with Crippen molar-refractivity contribution in [2.75, 3.05) is 5.32 Å². The maximum Gasteiger partial charge on any atom is 0.257 e. The smallest absolute Gasteiger partial charge is 0.257 e. The van der Waals surface area contributed by atoms with E-state index in [1.807, 2.05) is 24.3 Å². The van der Waals surface area contributed by atoms with Gasteiger partial charge in [-0.1, -0.05) is 12.1 Å². The van der Waals surface area contributed by atoms with E-state index < -0.39 is 0 Å². The third kappa shape index (κ3) is 3.14. The first-order valence-electron chi connectivity index (χ1n) is 6.01. The Kier molecular flexibility index (Phi) is 3.87. The van der Waals surface area contributed by atoms with Crippen molar-refractivity contribution in [2.45, 2.75) is 20.4 Å². The van der Waals surface area contributed by atoms with Crippen LogP contribution in [0.3, 0.4) is 0 Å². The van der Waals surface area contributed by atoms with E-state index in [4.69, 9.17) is 5.73 Å². The van der Waals surface area contributed by atoms with Crippen LogP contribution in [0.5, 0.6) is 0 Å². The van der Waals surface area contributed by atoms with Gasteiger partial charge in [-0.15, -0.1) is 0 Å². The summed E-state index contributed by atoms with van der Waals surface area (Å²) < 4.78 is 0. The summed E-state index contributed by atoms with van der Waals surface area (Å²) in [6.45, 7) is 4.01. The zero-order valence-corrected chi connectivity index (χ0v) is 11.0. The molecule has 1 amide bonds. The second-order valence-corrected chi connectivity index (χ2v) is 4.34. The third-order valence-electron chi connectivity index (χ3n) is 2.77. The molecule has 3 N–H and O–H groups in total. The highest BCUT2D eigenvalue weighted by Gasteiger charge is 2.11. The molecule has 2 aromatic rings. The number of benzene rings is 1. The molecule has 0 saturated carbocycles. The Labute approximate surface area is 111 Å². The zero-order valence-electron chi connectivity index (χ0n) is 11.0. The number of aryl methyl sites for hydroxylation is 2. The van der Waals surface area contributed by atoms with Gasteiger partial charge in [0, 0.05) is 12.2 Å². The Bertz CT molecular complexity index is 610. The van der Waals surface area contributed by atoms with Crippen LogP contribution >= 0.6 is 0 Å². The summed E-state index contributed by atoms with van der Waals surface area (Å²) in [7, 11) is 0. The molecule has 1 heterocycles. The van der Waals surface area contributed by atoms with Crippen LogP contribution in [0.4, 0.5) is 5.69 Å². The highest BCUT2D eigenvalue weighted by atomic mass is 16.1. The SMILES string of the molecule is Cc1cc(C(=O)Nc2cccc(CN)c2)c(C)nn1. The molecule has 0 bridgehead atoms. The molecular formula is C14H16N4O. The number of nitrogens with zero attached hydrogens (tertiary/aromatic N) is 2. The van der Waals surface area contributed by atoms with E-state index in [2.05, 4.69) is 15.5 Å². The van der Waals surface area contributed by atoms with Gasteiger partial charge in [-0.05, 0) is 37.6 Å². The lowest BCUT2D eigenvalue weighted by Crippen LogP contribution is -2.15. The number of hydrogen-bond acceptors (Lipinski definition) is 4. The van der Waals surface area contributed by atoms with Gasteiger partial charge in [0.25, 0.3) is 5.91 Å². The first-order chi connectivity index (χ1) is 9.10. The van der Waals surface area contributed by atoms with Crippen molar-refractivity contribution in [3.8, 4) is 0 Å². The number of nitrogens with two attached hydrogens (primary N) is 1. The number of hydrogen-bond donors (Lipinski definition) is 2. The molecule has 1 aromatic heterocycles. The van der Waals surface area contributed by atoms with Gasteiger partial charge in [0.1, 0.15) is 0 Å². The van der Waals surface area contributed by atoms with Crippen LogP contribution in [0.1, 0.15) is 27.3 Å². The van der Waals surface area contributed by atoms with Gasteiger partial charge in [0.2, 0.25) is 0 Å². The molecule has 0 radical (unpaired) electrons. The van der Waals surface area contributed by atoms with Crippen LogP contribution in [0, 0.1) is 13.8 Å². The Morgan fingerprint density at radius 3 is 2.79 bits per heavy atom. The van der Waals surface area contributed by atoms with E-state index in [0.29, 0.717) is 23.5 Å². The normalized spacial score (nSPS) is 10.3. The summed E-state index contributed by atoms with van der Waals surface area (Å²) in [6.07, 6.45) is 0. The maximum absolute atomic E-state index is 12.2. The Balaban J connectivity index is 2.23. The fraction of sp³-hybridized carbons (Fsp3) is 0.214. The second-order valence-electron chi connectivity index (χ2n) is 4.34. The Morgan fingerprint density at radius 1 is 1.26 bits per heavy atom. The Morgan fingerprint density at radius 2 is 2.05 bits per heavy atom. The van der Waals surface area contributed by atoms with Crippen LogP contribution in [-0.2, 0) is 6.54 Å². The lowest BCUT2D eigenvalue weighted by molar-refractivity contribution is 0.102. The van der Waals surface area contributed by atoms with Crippen molar-refractivity contribution >= 4 is 11.6 Å². The molecule has 0 spiro atoms. The van der Waals surface area contributed by atoms with E-state index in [1.165, 1.54) is 0 Å². The van der Waals surface area contributed by atoms with Crippen LogP contribution in [0.25, 0.3) is 0 Å². The topological polar surface area (TPSA) is 80.9 Å². The van der Waals surface area contributed by atoms with E-state index in [9.17, 15) is 4.79 Å². The molecule has 5 heteroatoms. The molecule has 0 unspecified atom stereocenters. The lowest BCUT2D eigenvalue weighted by Gasteiger charge is -2.08. The van der Waals surface area contributed by atoms with Crippen LogP contribution in [-0.4, -0.2) is 16.1 Å². The molecule has 0 fully saturated rings. The number of aromatic nitrogens is 2. The predicted molar refractivity (Wildman–Crippen MR) is 73.8 cm³/mol. The molecule has 0 atom stereocenters. The fourth-order valence-corrected chi connectivity index (χ4v) is 1.75. The average Bonchev–Trinajstić information content (AvgIpc) is 2.41. The minimum absolute atomic E-state index is 0.190. The lowest BCUT2D eigenvalue weighted by atomic mass is 10.1. The molecule has 5 nitrogen and oxygen atoms in total. The van der Waals surface area contributed by atoms with Crippen LogP contribution < -0.4 is 11.1 Å². The van der Waals surface area contributed by atoms with Crippen molar-refractivity contribution in [2.24, 2.45) is 5.73 Å². The van der Waals surface area contributed by atoms with Gasteiger partial charge in [0.15, 0.2) is 0 Å². The largest absolute Gasteiger partial charge is 0.326 e. The highest BCUT2D eigenvalue weighted by Crippen LogP contribution is 2.13.